The fraction of sp³-hybridized carbons (Fsp3) is 0.304. The Hall–Kier alpha value is -3.88. The molecular formula is C23H26N4O5. The van der Waals surface area contributed by atoms with E-state index in [0.717, 1.165) is 31.5 Å². The minimum atomic E-state index is -0.891. The first-order valence-electron chi connectivity index (χ1n) is 10.3. The van der Waals surface area contributed by atoms with Gasteiger partial charge in [-0.2, -0.15) is 5.10 Å². The summed E-state index contributed by atoms with van der Waals surface area (Å²) in [5.74, 6) is -0.592. The molecule has 2 aromatic rings. The Morgan fingerprint density at radius 3 is 2.47 bits per heavy atom. The molecule has 0 spiro atoms. The highest BCUT2D eigenvalue weighted by Crippen LogP contribution is 2.16. The Morgan fingerprint density at radius 2 is 1.75 bits per heavy atom. The van der Waals surface area contributed by atoms with Crippen molar-refractivity contribution in [2.75, 3.05) is 26.8 Å². The molecule has 1 aliphatic heterocycles. The van der Waals surface area contributed by atoms with Gasteiger partial charge in [0, 0.05) is 25.2 Å². The zero-order valence-electron chi connectivity index (χ0n) is 17.9. The molecule has 168 valence electrons. The van der Waals surface area contributed by atoms with Crippen molar-refractivity contribution in [1.82, 2.24) is 15.6 Å². The van der Waals surface area contributed by atoms with Gasteiger partial charge in [0.1, 0.15) is 11.5 Å². The minimum absolute atomic E-state index is 0.0592. The number of carbonyl (C=O) groups excluding carboxylic acids is 3. The van der Waals surface area contributed by atoms with Crippen LogP contribution in [0.1, 0.15) is 24.0 Å². The number of hydrogen-bond acceptors (Lipinski definition) is 6. The molecule has 3 rings (SSSR count). The van der Waals surface area contributed by atoms with E-state index in [1.54, 1.807) is 60.5 Å². The van der Waals surface area contributed by atoms with Gasteiger partial charge in [-0.3, -0.25) is 14.4 Å². The van der Waals surface area contributed by atoms with Gasteiger partial charge in [-0.25, -0.2) is 5.43 Å². The molecular weight excluding hydrogens is 412 g/mol. The van der Waals surface area contributed by atoms with Gasteiger partial charge >= 0.3 is 11.8 Å². The van der Waals surface area contributed by atoms with Crippen molar-refractivity contribution in [2.45, 2.75) is 19.4 Å². The number of nitrogens with one attached hydrogen (secondary N) is 2. The minimum Gasteiger partial charge on any atom is -0.497 e. The van der Waals surface area contributed by atoms with Crippen LogP contribution in [-0.2, 0) is 20.9 Å². The Morgan fingerprint density at radius 1 is 1.03 bits per heavy atom. The van der Waals surface area contributed by atoms with E-state index in [1.807, 2.05) is 0 Å². The lowest BCUT2D eigenvalue weighted by Crippen LogP contribution is -2.37. The third-order valence-corrected chi connectivity index (χ3v) is 4.92. The van der Waals surface area contributed by atoms with Crippen molar-refractivity contribution in [2.24, 2.45) is 5.10 Å². The fourth-order valence-corrected chi connectivity index (χ4v) is 3.13. The van der Waals surface area contributed by atoms with Gasteiger partial charge in [0.05, 0.1) is 13.3 Å². The summed E-state index contributed by atoms with van der Waals surface area (Å²) in [4.78, 5) is 37.9. The summed E-state index contributed by atoms with van der Waals surface area (Å²) in [6.07, 6.45) is 3.40. The first-order valence-corrected chi connectivity index (χ1v) is 10.3. The SMILES string of the molecule is COc1ccc(CNC(=O)C(=O)N/N=C\c2ccccc2OCC(=O)N2CCCC2)cc1. The molecule has 3 amide bonds. The van der Waals surface area contributed by atoms with E-state index in [1.165, 1.54) is 6.21 Å². The van der Waals surface area contributed by atoms with Crippen molar-refractivity contribution in [3.05, 3.63) is 59.7 Å². The lowest BCUT2D eigenvalue weighted by Gasteiger charge is -2.16. The van der Waals surface area contributed by atoms with E-state index in [2.05, 4.69) is 15.8 Å². The third kappa shape index (κ3) is 6.56. The second-order valence-electron chi connectivity index (χ2n) is 7.14. The summed E-state index contributed by atoms with van der Waals surface area (Å²) in [7, 11) is 1.57. The van der Waals surface area contributed by atoms with Crippen molar-refractivity contribution in [3.8, 4) is 11.5 Å². The summed E-state index contributed by atoms with van der Waals surface area (Å²) in [6.45, 7) is 1.66. The Labute approximate surface area is 186 Å². The number of carbonyl (C=O) groups is 3. The lowest BCUT2D eigenvalue weighted by molar-refractivity contribution is -0.139. The Balaban J connectivity index is 1.47. The highest BCUT2D eigenvalue weighted by Gasteiger charge is 2.18. The van der Waals surface area contributed by atoms with Crippen molar-refractivity contribution < 1.29 is 23.9 Å². The number of para-hydroxylation sites is 1. The first-order chi connectivity index (χ1) is 15.6. The van der Waals surface area contributed by atoms with Crippen molar-refractivity contribution in [3.63, 3.8) is 0 Å². The molecule has 9 nitrogen and oxygen atoms in total. The van der Waals surface area contributed by atoms with Gasteiger partial charge in [0.15, 0.2) is 6.61 Å². The molecule has 1 heterocycles. The molecule has 0 aromatic heterocycles. The number of benzene rings is 2. The molecule has 0 bridgehead atoms. The van der Waals surface area contributed by atoms with Crippen LogP contribution in [0.5, 0.6) is 11.5 Å². The van der Waals surface area contributed by atoms with Crippen LogP contribution in [0, 0.1) is 0 Å². The molecule has 1 saturated heterocycles. The second-order valence-corrected chi connectivity index (χ2v) is 7.14. The Bertz CT molecular complexity index is 969. The predicted molar refractivity (Wildman–Crippen MR) is 118 cm³/mol. The third-order valence-electron chi connectivity index (χ3n) is 4.92. The zero-order valence-corrected chi connectivity index (χ0v) is 17.9. The zero-order chi connectivity index (χ0) is 22.8. The number of amides is 3. The van der Waals surface area contributed by atoms with Crippen molar-refractivity contribution in [1.29, 1.82) is 0 Å². The van der Waals surface area contributed by atoms with Crippen LogP contribution in [-0.4, -0.2) is 55.6 Å². The quantitative estimate of drug-likeness (QED) is 0.369. The molecule has 2 N–H and O–H groups in total. The topological polar surface area (TPSA) is 109 Å². The number of methoxy groups -OCH3 is 1. The fourth-order valence-electron chi connectivity index (χ4n) is 3.13. The molecule has 1 aliphatic rings. The second kappa shape index (κ2) is 11.5. The number of nitrogens with zero attached hydrogens (tertiary/aromatic N) is 2. The maximum atomic E-state index is 12.2. The summed E-state index contributed by atoms with van der Waals surface area (Å²) < 4.78 is 10.7. The maximum Gasteiger partial charge on any atom is 0.329 e. The monoisotopic (exact) mass is 438 g/mol. The number of hydrogen-bond donors (Lipinski definition) is 2. The summed E-state index contributed by atoms with van der Waals surface area (Å²) in [5.41, 5.74) is 3.58. The van der Waals surface area contributed by atoms with Gasteiger partial charge in [0.25, 0.3) is 5.91 Å². The smallest absolute Gasteiger partial charge is 0.329 e. The van der Waals surface area contributed by atoms with Crippen LogP contribution >= 0.6 is 0 Å². The number of ether oxygens (including phenoxy) is 2. The highest BCUT2D eigenvalue weighted by atomic mass is 16.5. The summed E-state index contributed by atoms with van der Waals surface area (Å²) in [5, 5.41) is 6.35. The average Bonchev–Trinajstić information content (AvgIpc) is 3.37. The van der Waals surface area contributed by atoms with Crippen LogP contribution in [0.3, 0.4) is 0 Å². The van der Waals surface area contributed by atoms with E-state index >= 15 is 0 Å². The first kappa shape index (κ1) is 22.8. The lowest BCUT2D eigenvalue weighted by atomic mass is 10.2. The van der Waals surface area contributed by atoms with Crippen LogP contribution in [0.25, 0.3) is 0 Å². The molecule has 0 unspecified atom stereocenters. The van der Waals surface area contributed by atoms with Crippen LogP contribution < -0.4 is 20.2 Å². The van der Waals surface area contributed by atoms with Gasteiger partial charge in [-0.15, -0.1) is 0 Å². The molecule has 1 fully saturated rings. The maximum absolute atomic E-state index is 12.2. The van der Waals surface area contributed by atoms with Gasteiger partial charge < -0.3 is 19.7 Å². The predicted octanol–water partition coefficient (Wildman–Crippen LogP) is 1.46. The largest absolute Gasteiger partial charge is 0.497 e. The van der Waals surface area contributed by atoms with E-state index < -0.39 is 11.8 Å². The highest BCUT2D eigenvalue weighted by molar-refractivity contribution is 6.35. The molecule has 0 saturated carbocycles. The van der Waals surface area contributed by atoms with Gasteiger partial charge in [-0.05, 0) is 42.7 Å². The van der Waals surface area contributed by atoms with E-state index in [9.17, 15) is 14.4 Å². The molecule has 0 atom stereocenters. The van der Waals surface area contributed by atoms with Crippen molar-refractivity contribution >= 4 is 23.9 Å². The number of likely N-dealkylation sites (tertiary alicyclic amines) is 1. The normalized spacial score (nSPS) is 13.1. The van der Waals surface area contributed by atoms with E-state index in [4.69, 9.17) is 9.47 Å². The van der Waals surface area contributed by atoms with E-state index in [-0.39, 0.29) is 19.1 Å². The van der Waals surface area contributed by atoms with E-state index in [0.29, 0.717) is 17.1 Å². The molecule has 0 aliphatic carbocycles. The number of hydrazone groups is 1. The van der Waals surface area contributed by atoms with Gasteiger partial charge in [-0.1, -0.05) is 24.3 Å². The summed E-state index contributed by atoms with van der Waals surface area (Å²) in [6, 6.07) is 14.1. The van der Waals surface area contributed by atoms with Crippen LogP contribution in [0.2, 0.25) is 0 Å². The van der Waals surface area contributed by atoms with Crippen LogP contribution in [0.15, 0.2) is 53.6 Å². The average molecular weight is 438 g/mol. The van der Waals surface area contributed by atoms with Crippen LogP contribution in [0.4, 0.5) is 0 Å². The molecule has 0 radical (unpaired) electrons. The Kier molecular flexibility index (Phi) is 8.19. The summed E-state index contributed by atoms with van der Waals surface area (Å²) >= 11 is 0. The molecule has 32 heavy (non-hydrogen) atoms. The molecule has 2 aromatic carbocycles. The standard InChI is InChI=1S/C23H26N4O5/c1-31-19-10-8-17(9-11-19)14-24-22(29)23(30)26-25-15-18-6-2-3-7-20(18)32-16-21(28)27-12-4-5-13-27/h2-3,6-11,15H,4-5,12-14,16H2,1H3,(H,24,29)(H,26,30)/b25-15-. The number of rotatable bonds is 8. The molecule has 9 heteroatoms. The van der Waals surface area contributed by atoms with Gasteiger partial charge in [0.2, 0.25) is 0 Å².